The lowest BCUT2D eigenvalue weighted by Crippen LogP contribution is -2.45. The number of hydrogen-bond acceptors (Lipinski definition) is 5. The van der Waals surface area contributed by atoms with Gasteiger partial charge in [0, 0.05) is 24.6 Å². The van der Waals surface area contributed by atoms with Crippen molar-refractivity contribution >= 4 is 5.91 Å². The second kappa shape index (κ2) is 7.10. The lowest BCUT2D eigenvalue weighted by Gasteiger charge is -2.23. The number of nitriles is 1. The summed E-state index contributed by atoms with van der Waals surface area (Å²) in [6, 6.07) is 7.47. The van der Waals surface area contributed by atoms with Crippen LogP contribution in [0.5, 0.6) is 11.5 Å². The molecule has 0 aromatic heterocycles. The Balaban J connectivity index is 1.74. The third-order valence-corrected chi connectivity index (χ3v) is 4.99. The van der Waals surface area contributed by atoms with Gasteiger partial charge in [-0.15, -0.1) is 0 Å². The molecular formula is C18H23N3O3. The fourth-order valence-corrected chi connectivity index (χ4v) is 3.68. The van der Waals surface area contributed by atoms with Crippen LogP contribution in [0, 0.1) is 11.3 Å². The maximum Gasteiger partial charge on any atom is 0.240 e. The number of benzene rings is 1. The summed E-state index contributed by atoms with van der Waals surface area (Å²) in [6.07, 6.45) is 2.39. The number of hydrogen-bond donors (Lipinski definition) is 1. The molecular weight excluding hydrogens is 306 g/mol. The average Bonchev–Trinajstić information content (AvgIpc) is 3.29. The third kappa shape index (κ3) is 3.04. The summed E-state index contributed by atoms with van der Waals surface area (Å²) in [5.74, 6) is 1.83. The van der Waals surface area contributed by atoms with Crippen molar-refractivity contribution in [1.29, 1.82) is 5.26 Å². The van der Waals surface area contributed by atoms with E-state index in [1.54, 1.807) is 19.1 Å². The molecule has 2 fully saturated rings. The zero-order chi connectivity index (χ0) is 17.1. The number of carbonyl (C=O) groups excluding carboxylic acids is 1. The van der Waals surface area contributed by atoms with Crippen molar-refractivity contribution in [1.82, 2.24) is 10.2 Å². The smallest absolute Gasteiger partial charge is 0.240 e. The van der Waals surface area contributed by atoms with Crippen LogP contribution in [-0.2, 0) is 4.79 Å². The van der Waals surface area contributed by atoms with E-state index >= 15 is 0 Å². The largest absolute Gasteiger partial charge is 0.497 e. The van der Waals surface area contributed by atoms with Gasteiger partial charge in [-0.3, -0.25) is 4.79 Å². The Morgan fingerprint density at radius 1 is 1.38 bits per heavy atom. The van der Waals surface area contributed by atoms with Gasteiger partial charge in [0.05, 0.1) is 26.3 Å². The maximum absolute atomic E-state index is 12.7. The number of nitrogens with one attached hydrogen (secondary N) is 1. The molecule has 3 atom stereocenters. The van der Waals surface area contributed by atoms with Crippen LogP contribution in [0.1, 0.15) is 30.7 Å². The molecule has 2 heterocycles. The van der Waals surface area contributed by atoms with Gasteiger partial charge in [-0.05, 0) is 37.5 Å². The van der Waals surface area contributed by atoms with Crippen LogP contribution in [0.4, 0.5) is 0 Å². The van der Waals surface area contributed by atoms with Crippen molar-refractivity contribution in [2.45, 2.75) is 37.3 Å². The fourth-order valence-electron chi connectivity index (χ4n) is 3.68. The number of likely N-dealkylation sites (tertiary alicyclic amines) is 1. The van der Waals surface area contributed by atoms with Gasteiger partial charge in [0.1, 0.15) is 17.5 Å². The summed E-state index contributed by atoms with van der Waals surface area (Å²) in [4.78, 5) is 14.5. The fraction of sp³-hybridized carbons (Fsp3) is 0.556. The molecule has 24 heavy (non-hydrogen) atoms. The van der Waals surface area contributed by atoms with Crippen LogP contribution in [0.15, 0.2) is 18.2 Å². The average molecular weight is 329 g/mol. The molecule has 1 aromatic rings. The summed E-state index contributed by atoms with van der Waals surface area (Å²) in [6.45, 7) is 1.40. The van der Waals surface area contributed by atoms with Gasteiger partial charge in [-0.2, -0.15) is 5.26 Å². The monoisotopic (exact) mass is 329 g/mol. The van der Waals surface area contributed by atoms with Crippen LogP contribution in [0.25, 0.3) is 0 Å². The van der Waals surface area contributed by atoms with Crippen molar-refractivity contribution in [2.75, 3.05) is 27.3 Å². The molecule has 0 aliphatic carbocycles. The van der Waals surface area contributed by atoms with Gasteiger partial charge in [-0.1, -0.05) is 0 Å². The molecule has 1 N–H and O–H groups in total. The van der Waals surface area contributed by atoms with Gasteiger partial charge in [-0.25, -0.2) is 0 Å². The highest BCUT2D eigenvalue weighted by Gasteiger charge is 2.38. The molecule has 0 radical (unpaired) electrons. The Hall–Kier alpha value is -2.26. The number of amides is 1. The van der Waals surface area contributed by atoms with Crippen molar-refractivity contribution in [3.63, 3.8) is 0 Å². The predicted octanol–water partition coefficient (Wildman–Crippen LogP) is 1.66. The molecule has 2 saturated heterocycles. The summed E-state index contributed by atoms with van der Waals surface area (Å²) in [5.41, 5.74) is 1.05. The highest BCUT2D eigenvalue weighted by molar-refractivity contribution is 5.83. The quantitative estimate of drug-likeness (QED) is 0.909. The molecule has 0 spiro atoms. The zero-order valence-corrected chi connectivity index (χ0v) is 14.1. The minimum Gasteiger partial charge on any atom is -0.497 e. The summed E-state index contributed by atoms with van der Waals surface area (Å²) >= 11 is 0. The normalized spacial score (nSPS) is 26.2. The van der Waals surface area contributed by atoms with Crippen molar-refractivity contribution in [2.24, 2.45) is 0 Å². The first-order valence-corrected chi connectivity index (χ1v) is 8.33. The molecule has 128 valence electrons. The van der Waals surface area contributed by atoms with Crippen LogP contribution < -0.4 is 14.8 Å². The standard InChI is InChI=1S/C18H23N3O3/c1-23-14-5-6-17(24-2)15(9-14)12-8-16(20-11-12)18(22)21-7-3-4-13(21)10-19/h5-6,9,12-13,16,20H,3-4,7-8,11H2,1-2H3/t12-,13-,16-/m0/s1. The van der Waals surface area contributed by atoms with Crippen LogP contribution in [-0.4, -0.2) is 50.2 Å². The number of carbonyl (C=O) groups is 1. The molecule has 0 unspecified atom stereocenters. The minimum absolute atomic E-state index is 0.0448. The molecule has 3 rings (SSSR count). The summed E-state index contributed by atoms with van der Waals surface area (Å²) in [5, 5.41) is 12.5. The molecule has 1 aromatic carbocycles. The number of ether oxygens (including phenoxy) is 2. The van der Waals surface area contributed by atoms with E-state index < -0.39 is 0 Å². The Morgan fingerprint density at radius 2 is 2.21 bits per heavy atom. The zero-order valence-electron chi connectivity index (χ0n) is 14.1. The second-order valence-electron chi connectivity index (χ2n) is 6.32. The Bertz CT molecular complexity index is 655. The van der Waals surface area contributed by atoms with Gasteiger partial charge in [0.25, 0.3) is 0 Å². The third-order valence-electron chi connectivity index (χ3n) is 4.99. The summed E-state index contributed by atoms with van der Waals surface area (Å²) in [7, 11) is 3.29. The van der Waals surface area contributed by atoms with E-state index in [4.69, 9.17) is 9.47 Å². The van der Waals surface area contributed by atoms with Gasteiger partial charge in [0.15, 0.2) is 0 Å². The van der Waals surface area contributed by atoms with E-state index in [1.165, 1.54) is 0 Å². The first kappa shape index (κ1) is 16.6. The van der Waals surface area contributed by atoms with E-state index in [2.05, 4.69) is 11.4 Å². The molecule has 1 amide bonds. The van der Waals surface area contributed by atoms with Crippen molar-refractivity contribution in [3.8, 4) is 17.6 Å². The number of methoxy groups -OCH3 is 2. The summed E-state index contributed by atoms with van der Waals surface area (Å²) < 4.78 is 10.8. The van der Waals surface area contributed by atoms with E-state index in [1.807, 2.05) is 18.2 Å². The van der Waals surface area contributed by atoms with Crippen molar-refractivity contribution in [3.05, 3.63) is 23.8 Å². The molecule has 0 saturated carbocycles. The Kier molecular flexibility index (Phi) is 4.91. The lowest BCUT2D eigenvalue weighted by molar-refractivity contribution is -0.133. The Morgan fingerprint density at radius 3 is 2.92 bits per heavy atom. The highest BCUT2D eigenvalue weighted by atomic mass is 16.5. The highest BCUT2D eigenvalue weighted by Crippen LogP contribution is 2.36. The van der Waals surface area contributed by atoms with E-state index in [-0.39, 0.29) is 23.9 Å². The van der Waals surface area contributed by atoms with Gasteiger partial charge in [0.2, 0.25) is 5.91 Å². The van der Waals surface area contributed by atoms with E-state index in [0.29, 0.717) is 19.5 Å². The number of nitrogens with zero attached hydrogens (tertiary/aromatic N) is 2. The van der Waals surface area contributed by atoms with Crippen LogP contribution in [0.2, 0.25) is 0 Å². The second-order valence-corrected chi connectivity index (χ2v) is 6.32. The first-order chi connectivity index (χ1) is 11.7. The van der Waals surface area contributed by atoms with E-state index in [9.17, 15) is 10.1 Å². The molecule has 2 aliphatic heterocycles. The maximum atomic E-state index is 12.7. The van der Waals surface area contributed by atoms with Crippen LogP contribution >= 0.6 is 0 Å². The van der Waals surface area contributed by atoms with Gasteiger partial charge < -0.3 is 19.7 Å². The molecule has 6 heteroatoms. The molecule has 2 aliphatic rings. The Labute approximate surface area is 142 Å². The molecule has 0 bridgehead atoms. The predicted molar refractivity (Wildman–Crippen MR) is 89.0 cm³/mol. The van der Waals surface area contributed by atoms with Gasteiger partial charge >= 0.3 is 0 Å². The van der Waals surface area contributed by atoms with Crippen molar-refractivity contribution < 1.29 is 14.3 Å². The minimum atomic E-state index is -0.273. The number of rotatable bonds is 4. The first-order valence-electron chi connectivity index (χ1n) is 8.33. The molecule has 6 nitrogen and oxygen atoms in total. The SMILES string of the molecule is COc1ccc(OC)c([C@@H]2CN[C@H](C(=O)N3CCC[C@H]3C#N)C2)c1. The topological polar surface area (TPSA) is 74.6 Å². The van der Waals surface area contributed by atoms with E-state index in [0.717, 1.165) is 29.9 Å². The lowest BCUT2D eigenvalue weighted by atomic mass is 9.94. The van der Waals surface area contributed by atoms with Crippen LogP contribution in [0.3, 0.4) is 0 Å².